The molecule has 1 amide bonds. The topological polar surface area (TPSA) is 88.0 Å². The molecule has 0 unspecified atom stereocenters. The van der Waals surface area contributed by atoms with Gasteiger partial charge in [-0.1, -0.05) is 72.3 Å². The minimum atomic E-state index is -1.92. The second kappa shape index (κ2) is 10.8. The zero-order chi connectivity index (χ0) is 24.7. The second-order valence-corrected chi connectivity index (χ2v) is 8.04. The lowest BCUT2D eigenvalue weighted by Crippen LogP contribution is -2.43. The molecule has 0 aliphatic carbocycles. The van der Waals surface area contributed by atoms with Gasteiger partial charge in [0.15, 0.2) is 5.60 Å². The molecule has 0 heterocycles. The van der Waals surface area contributed by atoms with Crippen molar-refractivity contribution in [3.63, 3.8) is 0 Å². The average Bonchev–Trinajstić information content (AvgIpc) is 2.90. The summed E-state index contributed by atoms with van der Waals surface area (Å²) in [6.07, 6.45) is 1.43. The van der Waals surface area contributed by atoms with Crippen molar-refractivity contribution in [3.05, 3.63) is 136 Å². The van der Waals surface area contributed by atoms with E-state index in [1.165, 1.54) is 6.21 Å². The van der Waals surface area contributed by atoms with E-state index >= 15 is 0 Å². The molecular weight excluding hydrogens is 464 g/mol. The number of hydrogen-bond acceptors (Lipinski definition) is 5. The van der Waals surface area contributed by atoms with Gasteiger partial charge in [0.1, 0.15) is 5.75 Å². The third kappa shape index (κ3) is 5.63. The first kappa shape index (κ1) is 23.9. The molecule has 2 N–H and O–H groups in total. The molecule has 0 atom stereocenters. The lowest BCUT2D eigenvalue weighted by Gasteiger charge is -2.27. The molecule has 0 saturated heterocycles. The van der Waals surface area contributed by atoms with Crippen molar-refractivity contribution in [2.45, 2.75) is 5.60 Å². The Morgan fingerprint density at radius 3 is 1.89 bits per heavy atom. The number of hydrazone groups is 1. The van der Waals surface area contributed by atoms with E-state index in [0.717, 1.165) is 0 Å². The smallest absolute Gasteiger partial charge is 0.343 e. The quantitative estimate of drug-likeness (QED) is 0.168. The first-order chi connectivity index (χ1) is 17.0. The Bertz CT molecular complexity index is 1280. The van der Waals surface area contributed by atoms with Crippen molar-refractivity contribution in [2.75, 3.05) is 0 Å². The molecular formula is C28H21ClN2O4. The SMILES string of the molecule is O=C(Oc1ccc(/C=N\NC(=O)C(O)(c2ccccc2)c2ccccc2)cc1)c1ccc(Cl)cc1. The van der Waals surface area contributed by atoms with Crippen LogP contribution in [0.2, 0.25) is 5.02 Å². The van der Waals surface area contributed by atoms with Crippen molar-refractivity contribution in [1.29, 1.82) is 0 Å². The fourth-order valence-corrected chi connectivity index (χ4v) is 3.53. The second-order valence-electron chi connectivity index (χ2n) is 7.61. The van der Waals surface area contributed by atoms with Gasteiger partial charge in [-0.3, -0.25) is 4.79 Å². The lowest BCUT2D eigenvalue weighted by molar-refractivity contribution is -0.136. The number of nitrogens with zero attached hydrogens (tertiary/aromatic N) is 1. The molecule has 35 heavy (non-hydrogen) atoms. The highest BCUT2D eigenvalue weighted by Crippen LogP contribution is 2.29. The molecule has 4 aromatic rings. The lowest BCUT2D eigenvalue weighted by atomic mass is 9.85. The number of ether oxygens (including phenoxy) is 1. The summed E-state index contributed by atoms with van der Waals surface area (Å²) in [5.41, 5.74) is 2.39. The maximum atomic E-state index is 13.0. The van der Waals surface area contributed by atoms with Gasteiger partial charge >= 0.3 is 5.97 Å². The van der Waals surface area contributed by atoms with Gasteiger partial charge in [-0.15, -0.1) is 0 Å². The Morgan fingerprint density at radius 1 is 0.800 bits per heavy atom. The van der Waals surface area contributed by atoms with Crippen LogP contribution in [0.25, 0.3) is 0 Å². The maximum Gasteiger partial charge on any atom is 0.343 e. The summed E-state index contributed by atoms with van der Waals surface area (Å²) in [6.45, 7) is 0. The Labute approximate surface area is 207 Å². The van der Waals surface area contributed by atoms with E-state index in [0.29, 0.717) is 33.0 Å². The normalized spacial score (nSPS) is 11.3. The number of benzene rings is 4. The van der Waals surface area contributed by atoms with Crippen molar-refractivity contribution in [2.24, 2.45) is 5.10 Å². The van der Waals surface area contributed by atoms with Gasteiger partial charge in [-0.25, -0.2) is 10.2 Å². The number of aliphatic hydroxyl groups is 1. The highest BCUT2D eigenvalue weighted by Gasteiger charge is 2.39. The first-order valence-corrected chi connectivity index (χ1v) is 11.1. The van der Waals surface area contributed by atoms with Crippen LogP contribution in [0.15, 0.2) is 114 Å². The zero-order valence-electron chi connectivity index (χ0n) is 18.5. The van der Waals surface area contributed by atoms with Crippen LogP contribution in [0, 0.1) is 0 Å². The van der Waals surface area contributed by atoms with Crippen molar-refractivity contribution in [1.82, 2.24) is 5.43 Å². The third-order valence-corrected chi connectivity index (χ3v) is 5.51. The molecule has 0 aliphatic rings. The van der Waals surface area contributed by atoms with E-state index in [4.69, 9.17) is 16.3 Å². The Morgan fingerprint density at radius 2 is 1.34 bits per heavy atom. The molecule has 174 valence electrons. The molecule has 6 nitrogen and oxygen atoms in total. The number of esters is 1. The number of rotatable bonds is 7. The molecule has 0 radical (unpaired) electrons. The molecule has 0 spiro atoms. The summed E-state index contributed by atoms with van der Waals surface area (Å²) in [4.78, 5) is 25.3. The minimum absolute atomic E-state index is 0.355. The highest BCUT2D eigenvalue weighted by molar-refractivity contribution is 6.30. The van der Waals surface area contributed by atoms with Crippen LogP contribution in [-0.2, 0) is 10.4 Å². The van der Waals surface area contributed by atoms with Gasteiger partial charge < -0.3 is 9.84 Å². The van der Waals surface area contributed by atoms with Crippen molar-refractivity contribution in [3.8, 4) is 5.75 Å². The summed E-state index contributed by atoms with van der Waals surface area (Å²) >= 11 is 5.84. The van der Waals surface area contributed by atoms with Crippen LogP contribution < -0.4 is 10.2 Å². The molecule has 0 aromatic heterocycles. The number of hydrogen-bond donors (Lipinski definition) is 2. The van der Waals surface area contributed by atoms with Crippen LogP contribution in [0.1, 0.15) is 27.0 Å². The first-order valence-electron chi connectivity index (χ1n) is 10.7. The van der Waals surface area contributed by atoms with E-state index < -0.39 is 17.5 Å². The fraction of sp³-hybridized carbons (Fsp3) is 0.0357. The highest BCUT2D eigenvalue weighted by atomic mass is 35.5. The predicted octanol–water partition coefficient (Wildman–Crippen LogP) is 4.95. The minimum Gasteiger partial charge on any atom is -0.423 e. The number of halogens is 1. The molecule has 0 fully saturated rings. The van der Waals surface area contributed by atoms with Gasteiger partial charge in [-0.2, -0.15) is 5.10 Å². The van der Waals surface area contributed by atoms with Crippen molar-refractivity contribution >= 4 is 29.7 Å². The van der Waals surface area contributed by atoms with Crippen LogP contribution in [0.4, 0.5) is 0 Å². The van der Waals surface area contributed by atoms with Crippen LogP contribution in [0.5, 0.6) is 5.75 Å². The van der Waals surface area contributed by atoms with Gasteiger partial charge in [-0.05, 0) is 65.2 Å². The summed E-state index contributed by atoms with van der Waals surface area (Å²) in [6, 6.07) is 30.3. The fourth-order valence-electron chi connectivity index (χ4n) is 3.41. The number of carbonyl (C=O) groups is 2. The van der Waals surface area contributed by atoms with E-state index in [2.05, 4.69) is 10.5 Å². The van der Waals surface area contributed by atoms with Crippen LogP contribution >= 0.6 is 11.6 Å². The molecule has 0 saturated carbocycles. The Hall–Kier alpha value is -4.26. The Balaban J connectivity index is 1.43. The van der Waals surface area contributed by atoms with Gasteiger partial charge in [0.2, 0.25) is 0 Å². The van der Waals surface area contributed by atoms with Gasteiger partial charge in [0, 0.05) is 5.02 Å². The van der Waals surface area contributed by atoms with E-state index in [1.807, 2.05) is 0 Å². The summed E-state index contributed by atoms with van der Waals surface area (Å²) in [5, 5.41) is 15.9. The van der Waals surface area contributed by atoms with E-state index in [9.17, 15) is 14.7 Å². The summed E-state index contributed by atoms with van der Waals surface area (Å²) in [5.74, 6) is -0.843. The van der Waals surface area contributed by atoms with Crippen LogP contribution in [-0.4, -0.2) is 23.2 Å². The number of nitrogens with one attached hydrogen (secondary N) is 1. The molecule has 0 bridgehead atoms. The monoisotopic (exact) mass is 484 g/mol. The van der Waals surface area contributed by atoms with Crippen molar-refractivity contribution < 1.29 is 19.4 Å². The predicted molar refractivity (Wildman–Crippen MR) is 134 cm³/mol. The van der Waals surface area contributed by atoms with Crippen LogP contribution in [0.3, 0.4) is 0 Å². The average molecular weight is 485 g/mol. The number of amides is 1. The molecule has 4 rings (SSSR count). The van der Waals surface area contributed by atoms with Gasteiger partial charge in [0.05, 0.1) is 11.8 Å². The third-order valence-electron chi connectivity index (χ3n) is 5.26. The van der Waals surface area contributed by atoms with Gasteiger partial charge in [0.25, 0.3) is 5.91 Å². The standard InChI is InChI=1S/C28H21ClN2O4/c29-24-15-13-21(14-16-24)26(32)35-25-17-11-20(12-18-25)19-30-31-27(33)28(34,22-7-3-1-4-8-22)23-9-5-2-6-10-23/h1-19,34H,(H,31,33)/b30-19-. The molecule has 4 aromatic carbocycles. The maximum absolute atomic E-state index is 13.0. The number of carbonyl (C=O) groups excluding carboxylic acids is 2. The summed E-state index contributed by atoms with van der Waals surface area (Å²) < 4.78 is 5.35. The van der Waals surface area contributed by atoms with E-state index in [-0.39, 0.29) is 0 Å². The summed E-state index contributed by atoms with van der Waals surface area (Å²) in [7, 11) is 0. The molecule has 7 heteroatoms. The molecule has 0 aliphatic heterocycles. The van der Waals surface area contributed by atoms with E-state index in [1.54, 1.807) is 109 Å². The zero-order valence-corrected chi connectivity index (χ0v) is 19.2. The Kier molecular flexibility index (Phi) is 7.35. The largest absolute Gasteiger partial charge is 0.423 e.